The number of aromatic amines is 1. The van der Waals surface area contributed by atoms with Crippen molar-refractivity contribution in [2.24, 2.45) is 0 Å². The summed E-state index contributed by atoms with van der Waals surface area (Å²) in [5, 5.41) is 9.73. The average Bonchev–Trinajstić information content (AvgIpc) is 3.22. The highest BCUT2D eigenvalue weighted by atomic mass is 16.8. The first-order valence-electron chi connectivity index (χ1n) is 8.49. The normalized spacial score (nSPS) is 37.2. The molecule has 0 amide bonds. The van der Waals surface area contributed by atoms with Crippen molar-refractivity contribution < 1.29 is 19.3 Å². The summed E-state index contributed by atoms with van der Waals surface area (Å²) < 4.78 is 19.9. The largest absolute Gasteiger partial charge is 0.394 e. The molecule has 1 aromatic heterocycles. The van der Waals surface area contributed by atoms with Crippen molar-refractivity contribution >= 4 is 0 Å². The van der Waals surface area contributed by atoms with Crippen LogP contribution in [0, 0.1) is 0 Å². The van der Waals surface area contributed by atoms with Crippen molar-refractivity contribution in [1.29, 1.82) is 0 Å². The Balaban J connectivity index is 1.79. The number of fused-ring (bicyclic) bond motifs is 1. The summed E-state index contributed by atoms with van der Waals surface area (Å²) in [6.45, 7) is 1.73. The van der Waals surface area contributed by atoms with Crippen molar-refractivity contribution in [3.63, 3.8) is 0 Å². The van der Waals surface area contributed by atoms with E-state index in [-0.39, 0.29) is 6.61 Å². The molecule has 3 fully saturated rings. The number of aliphatic hydroxyl groups is 1. The zero-order valence-corrected chi connectivity index (χ0v) is 13.6. The molecule has 8 nitrogen and oxygen atoms in total. The number of aromatic nitrogens is 2. The molecule has 2 N–H and O–H groups in total. The monoisotopic (exact) mass is 338 g/mol. The van der Waals surface area contributed by atoms with Gasteiger partial charge < -0.3 is 19.3 Å². The Bertz CT molecular complexity index is 737. The maximum absolute atomic E-state index is 12.3. The molecule has 1 saturated carbocycles. The number of H-pyrrole nitrogens is 1. The molecule has 3 aliphatic rings. The van der Waals surface area contributed by atoms with E-state index in [1.54, 1.807) is 0 Å². The molecular weight excluding hydrogens is 316 g/mol. The van der Waals surface area contributed by atoms with Crippen molar-refractivity contribution in [2.75, 3.05) is 6.61 Å². The smallest absolute Gasteiger partial charge is 0.330 e. The second-order valence-corrected chi connectivity index (χ2v) is 6.79. The second kappa shape index (κ2) is 5.52. The van der Waals surface area contributed by atoms with E-state index in [9.17, 15) is 14.7 Å². The predicted octanol–water partition coefficient (Wildman–Crippen LogP) is 0.261. The van der Waals surface area contributed by atoms with Crippen LogP contribution in [-0.2, 0) is 14.2 Å². The first-order valence-corrected chi connectivity index (χ1v) is 8.49. The quantitative estimate of drug-likeness (QED) is 0.820. The fraction of sp³-hybridized carbons (Fsp3) is 0.750. The number of nitrogens with one attached hydrogen (secondary N) is 1. The van der Waals surface area contributed by atoms with Crippen LogP contribution in [-0.4, -0.2) is 44.9 Å². The molecule has 0 aromatic carbocycles. The third kappa shape index (κ3) is 2.13. The van der Waals surface area contributed by atoms with Gasteiger partial charge in [-0.15, -0.1) is 0 Å². The van der Waals surface area contributed by atoms with Gasteiger partial charge in [-0.05, 0) is 19.3 Å². The molecule has 0 radical (unpaired) electrons. The molecule has 4 unspecified atom stereocenters. The summed E-state index contributed by atoms with van der Waals surface area (Å²) in [4.78, 5) is 25.8. The number of aliphatic hydroxyl groups excluding tert-OH is 1. The van der Waals surface area contributed by atoms with Gasteiger partial charge in [0.2, 0.25) is 0 Å². The van der Waals surface area contributed by atoms with Gasteiger partial charge in [-0.3, -0.25) is 14.3 Å². The molecule has 2 aliphatic heterocycles. The number of ether oxygens (including phenoxy) is 3. The van der Waals surface area contributed by atoms with Gasteiger partial charge in [0.05, 0.1) is 6.61 Å². The Labute approximate surface area is 138 Å². The zero-order chi connectivity index (χ0) is 16.9. The molecule has 2 saturated heterocycles. The molecule has 1 aliphatic carbocycles. The molecule has 8 heteroatoms. The minimum atomic E-state index is -0.861. The Morgan fingerprint density at radius 1 is 1.38 bits per heavy atom. The molecule has 4 atom stereocenters. The highest BCUT2D eigenvalue weighted by Crippen LogP contribution is 2.56. The standard InChI is InChI=1S/C16H22N2O6/c1-2-16-12(23-15(24-16)6-3-4-7-15)10(9-19)22-13(16)18-8-5-11(20)17-14(18)21/h5,8,10,12-13,19H,2-4,6-7,9H2,1H3,(H,17,20,21). The van der Waals surface area contributed by atoms with E-state index in [1.807, 2.05) is 6.92 Å². The van der Waals surface area contributed by atoms with Gasteiger partial charge in [-0.25, -0.2) is 4.79 Å². The van der Waals surface area contributed by atoms with Gasteiger partial charge in [0.25, 0.3) is 5.56 Å². The summed E-state index contributed by atoms with van der Waals surface area (Å²) in [6.07, 6.45) is 3.85. The lowest BCUT2D eigenvalue weighted by molar-refractivity contribution is -0.236. The third-order valence-electron chi connectivity index (χ3n) is 5.46. The van der Waals surface area contributed by atoms with Crippen LogP contribution in [0.15, 0.2) is 21.9 Å². The Hall–Kier alpha value is -1.48. The zero-order valence-electron chi connectivity index (χ0n) is 13.6. The lowest BCUT2D eigenvalue weighted by Crippen LogP contribution is -2.47. The minimum absolute atomic E-state index is 0.222. The summed E-state index contributed by atoms with van der Waals surface area (Å²) >= 11 is 0. The molecule has 4 rings (SSSR count). The van der Waals surface area contributed by atoms with E-state index < -0.39 is 41.1 Å². The van der Waals surface area contributed by atoms with Crippen LogP contribution in [0.5, 0.6) is 0 Å². The van der Waals surface area contributed by atoms with Crippen LogP contribution in [0.25, 0.3) is 0 Å². The number of hydrogen-bond acceptors (Lipinski definition) is 6. The lowest BCUT2D eigenvalue weighted by Gasteiger charge is -2.33. The molecular formula is C16H22N2O6. The Morgan fingerprint density at radius 3 is 2.75 bits per heavy atom. The van der Waals surface area contributed by atoms with Crippen LogP contribution in [0.2, 0.25) is 0 Å². The summed E-state index contributed by atoms with van der Waals surface area (Å²) in [5.74, 6) is -0.651. The SMILES string of the molecule is CCC12OC3(CCCC3)OC1C(CO)OC2n1ccc(=O)[nH]c1=O. The highest BCUT2D eigenvalue weighted by Gasteiger charge is 2.68. The fourth-order valence-electron chi connectivity index (χ4n) is 4.33. The van der Waals surface area contributed by atoms with E-state index in [0.717, 1.165) is 25.7 Å². The van der Waals surface area contributed by atoms with Crippen LogP contribution < -0.4 is 11.2 Å². The Kier molecular flexibility index (Phi) is 3.68. The lowest BCUT2D eigenvalue weighted by atomic mass is 9.91. The fourth-order valence-corrected chi connectivity index (χ4v) is 4.33. The molecule has 1 aromatic rings. The first kappa shape index (κ1) is 16.0. The van der Waals surface area contributed by atoms with Crippen molar-refractivity contribution in [3.8, 4) is 0 Å². The number of nitrogens with zero attached hydrogens (tertiary/aromatic N) is 1. The van der Waals surface area contributed by atoms with Gasteiger partial charge in [0, 0.05) is 25.1 Å². The minimum Gasteiger partial charge on any atom is -0.394 e. The highest BCUT2D eigenvalue weighted by molar-refractivity contribution is 5.10. The van der Waals surface area contributed by atoms with Crippen molar-refractivity contribution in [3.05, 3.63) is 33.1 Å². The van der Waals surface area contributed by atoms with Crippen LogP contribution in [0.1, 0.15) is 45.3 Å². The van der Waals surface area contributed by atoms with E-state index in [1.165, 1.54) is 16.8 Å². The summed E-state index contributed by atoms with van der Waals surface area (Å²) in [6, 6.07) is 1.27. The van der Waals surface area contributed by atoms with Crippen LogP contribution in [0.4, 0.5) is 0 Å². The van der Waals surface area contributed by atoms with Crippen LogP contribution >= 0.6 is 0 Å². The summed E-state index contributed by atoms with van der Waals surface area (Å²) in [7, 11) is 0. The van der Waals surface area contributed by atoms with Crippen LogP contribution in [0.3, 0.4) is 0 Å². The topological polar surface area (TPSA) is 103 Å². The van der Waals surface area contributed by atoms with E-state index in [4.69, 9.17) is 14.2 Å². The van der Waals surface area contributed by atoms with Gasteiger partial charge in [0.1, 0.15) is 17.8 Å². The van der Waals surface area contributed by atoms with Gasteiger partial charge >= 0.3 is 5.69 Å². The van der Waals surface area contributed by atoms with Gasteiger partial charge in [-0.1, -0.05) is 6.92 Å². The Morgan fingerprint density at radius 2 is 2.12 bits per heavy atom. The number of hydrogen-bond donors (Lipinski definition) is 2. The predicted molar refractivity (Wildman–Crippen MR) is 82.5 cm³/mol. The second-order valence-electron chi connectivity index (χ2n) is 6.79. The van der Waals surface area contributed by atoms with E-state index in [2.05, 4.69) is 4.98 Å². The van der Waals surface area contributed by atoms with Gasteiger partial charge in [-0.2, -0.15) is 0 Å². The summed E-state index contributed by atoms with van der Waals surface area (Å²) in [5.41, 5.74) is -1.89. The molecule has 1 spiro atoms. The average molecular weight is 338 g/mol. The molecule has 24 heavy (non-hydrogen) atoms. The first-order chi connectivity index (χ1) is 11.5. The number of rotatable bonds is 3. The maximum atomic E-state index is 12.3. The van der Waals surface area contributed by atoms with E-state index in [0.29, 0.717) is 6.42 Å². The van der Waals surface area contributed by atoms with E-state index >= 15 is 0 Å². The molecule has 132 valence electrons. The molecule has 3 heterocycles. The molecule has 0 bridgehead atoms. The third-order valence-corrected chi connectivity index (χ3v) is 5.46. The van der Waals surface area contributed by atoms with Gasteiger partial charge in [0.15, 0.2) is 12.0 Å². The van der Waals surface area contributed by atoms with Crippen molar-refractivity contribution in [2.45, 2.75) is 68.9 Å². The van der Waals surface area contributed by atoms with Crippen molar-refractivity contribution in [1.82, 2.24) is 9.55 Å². The maximum Gasteiger partial charge on any atom is 0.330 e.